The fraction of sp³-hybridized carbons (Fsp3) is 0.143. The summed E-state index contributed by atoms with van der Waals surface area (Å²) < 4.78 is 13.4. The highest BCUT2D eigenvalue weighted by Crippen LogP contribution is 2.27. The normalized spacial score (nSPS) is 11.0. The molecule has 5 heteroatoms. The summed E-state index contributed by atoms with van der Waals surface area (Å²) in [4.78, 5) is 8.62. The van der Waals surface area contributed by atoms with Crippen molar-refractivity contribution in [3.8, 4) is 22.8 Å². The summed E-state index contributed by atoms with van der Waals surface area (Å²) in [6, 6.07) is 26.9. The van der Waals surface area contributed by atoms with E-state index in [0.29, 0.717) is 12.5 Å². The van der Waals surface area contributed by atoms with Crippen LogP contribution in [0.4, 0.5) is 0 Å². The quantitative estimate of drug-likeness (QED) is 0.313. The Labute approximate surface area is 193 Å². The maximum atomic E-state index is 5.95. The topological polar surface area (TPSA) is 49.2 Å². The molecule has 5 rings (SSSR count). The van der Waals surface area contributed by atoms with E-state index in [1.54, 1.807) is 13.3 Å². The first-order valence-corrected chi connectivity index (χ1v) is 10.9. The Bertz CT molecular complexity index is 1360. The van der Waals surface area contributed by atoms with Crippen molar-refractivity contribution in [1.29, 1.82) is 0 Å². The third-order valence-electron chi connectivity index (χ3n) is 5.77. The maximum absolute atomic E-state index is 5.95. The first-order valence-electron chi connectivity index (χ1n) is 10.9. The Kier molecular flexibility index (Phi) is 5.77. The van der Waals surface area contributed by atoms with Gasteiger partial charge in [-0.05, 0) is 60.5 Å². The summed E-state index contributed by atoms with van der Waals surface area (Å²) in [6.45, 7) is 3.42. The van der Waals surface area contributed by atoms with Crippen LogP contribution in [0.15, 0.2) is 91.3 Å². The Hall–Kier alpha value is -4.12. The van der Waals surface area contributed by atoms with Crippen LogP contribution in [0.1, 0.15) is 17.0 Å². The smallest absolute Gasteiger partial charge is 0.212 e. The molecular formula is C28H25N3O2. The summed E-state index contributed by atoms with van der Waals surface area (Å²) in [6.07, 6.45) is 3.62. The molecular weight excluding hydrogens is 410 g/mol. The highest BCUT2D eigenvalue weighted by molar-refractivity contribution is 5.83. The molecule has 0 atom stereocenters. The van der Waals surface area contributed by atoms with E-state index < -0.39 is 0 Å². The number of hydrogen-bond donors (Lipinski definition) is 0. The summed E-state index contributed by atoms with van der Waals surface area (Å²) in [5.74, 6) is 1.47. The summed E-state index contributed by atoms with van der Waals surface area (Å²) >= 11 is 0. The first kappa shape index (κ1) is 20.8. The van der Waals surface area contributed by atoms with Gasteiger partial charge in [-0.1, -0.05) is 30.3 Å². The monoisotopic (exact) mass is 435 g/mol. The molecule has 0 bridgehead atoms. The zero-order valence-corrected chi connectivity index (χ0v) is 18.7. The number of nitrogens with zero attached hydrogens (tertiary/aromatic N) is 3. The van der Waals surface area contributed by atoms with Crippen LogP contribution in [0, 0.1) is 6.92 Å². The molecule has 2 aromatic carbocycles. The van der Waals surface area contributed by atoms with Gasteiger partial charge in [0.2, 0.25) is 5.88 Å². The number of ether oxygens (including phenoxy) is 2. The Balaban J connectivity index is 1.32. The molecule has 5 nitrogen and oxygen atoms in total. The fourth-order valence-electron chi connectivity index (χ4n) is 3.98. The number of benzene rings is 2. The van der Waals surface area contributed by atoms with Gasteiger partial charge in [0.25, 0.3) is 0 Å². The second kappa shape index (κ2) is 9.17. The zero-order valence-electron chi connectivity index (χ0n) is 18.7. The number of pyridine rings is 2. The highest BCUT2D eigenvalue weighted by atomic mass is 16.5. The average Bonchev–Trinajstić information content (AvgIpc) is 3.18. The van der Waals surface area contributed by atoms with E-state index in [1.165, 1.54) is 22.2 Å². The zero-order chi connectivity index (χ0) is 22.6. The third kappa shape index (κ3) is 4.58. The summed E-state index contributed by atoms with van der Waals surface area (Å²) in [5.41, 5.74) is 6.79. The lowest BCUT2D eigenvalue weighted by Gasteiger charge is -2.11. The van der Waals surface area contributed by atoms with E-state index in [1.807, 2.05) is 42.6 Å². The molecule has 0 aliphatic heterocycles. The minimum Gasteiger partial charge on any atom is -0.487 e. The van der Waals surface area contributed by atoms with Crippen LogP contribution in [-0.2, 0) is 13.2 Å². The largest absolute Gasteiger partial charge is 0.487 e. The molecule has 0 saturated carbocycles. The summed E-state index contributed by atoms with van der Waals surface area (Å²) in [5, 5.41) is 1.17. The molecule has 0 N–H and O–H groups in total. The van der Waals surface area contributed by atoms with Crippen molar-refractivity contribution in [3.05, 3.63) is 108 Å². The lowest BCUT2D eigenvalue weighted by molar-refractivity contribution is 0.302. The molecule has 0 spiro atoms. The number of rotatable bonds is 7. The molecule has 0 amide bonds. The van der Waals surface area contributed by atoms with Crippen molar-refractivity contribution in [3.63, 3.8) is 0 Å². The third-order valence-corrected chi connectivity index (χ3v) is 5.77. The van der Waals surface area contributed by atoms with E-state index in [-0.39, 0.29) is 0 Å². The van der Waals surface area contributed by atoms with Crippen molar-refractivity contribution in [2.24, 2.45) is 0 Å². The second-order valence-corrected chi connectivity index (χ2v) is 7.99. The number of methoxy groups -OCH3 is 1. The molecule has 0 aliphatic rings. The molecule has 5 aromatic rings. The number of aromatic nitrogens is 3. The predicted octanol–water partition coefficient (Wildman–Crippen LogP) is 6.04. The van der Waals surface area contributed by atoms with Gasteiger partial charge in [-0.15, -0.1) is 0 Å². The molecule has 0 unspecified atom stereocenters. The predicted molar refractivity (Wildman–Crippen MR) is 131 cm³/mol. The van der Waals surface area contributed by atoms with Crippen LogP contribution >= 0.6 is 0 Å². The molecule has 164 valence electrons. The molecule has 0 radical (unpaired) electrons. The Morgan fingerprint density at radius 3 is 2.42 bits per heavy atom. The van der Waals surface area contributed by atoms with Crippen LogP contribution in [0.25, 0.3) is 22.0 Å². The number of fused-ring (bicyclic) bond motifs is 1. The Morgan fingerprint density at radius 2 is 1.70 bits per heavy atom. The van der Waals surface area contributed by atoms with Crippen LogP contribution < -0.4 is 9.47 Å². The minimum absolute atomic E-state index is 0.460. The van der Waals surface area contributed by atoms with Crippen LogP contribution in [-0.4, -0.2) is 21.6 Å². The van der Waals surface area contributed by atoms with E-state index in [4.69, 9.17) is 9.47 Å². The average molecular weight is 436 g/mol. The molecule has 0 saturated heterocycles. The van der Waals surface area contributed by atoms with Gasteiger partial charge in [0.05, 0.1) is 12.8 Å². The van der Waals surface area contributed by atoms with Gasteiger partial charge >= 0.3 is 0 Å². The van der Waals surface area contributed by atoms with Crippen molar-refractivity contribution >= 4 is 10.9 Å². The molecule has 3 heterocycles. The number of aryl methyl sites for hydroxylation is 1. The van der Waals surface area contributed by atoms with E-state index >= 15 is 0 Å². The van der Waals surface area contributed by atoms with Crippen molar-refractivity contribution in [1.82, 2.24) is 14.5 Å². The second-order valence-electron chi connectivity index (χ2n) is 7.99. The van der Waals surface area contributed by atoms with Gasteiger partial charge in [0, 0.05) is 47.2 Å². The minimum atomic E-state index is 0.460. The molecule has 3 aromatic heterocycles. The van der Waals surface area contributed by atoms with E-state index in [0.717, 1.165) is 29.1 Å². The maximum Gasteiger partial charge on any atom is 0.212 e. The highest BCUT2D eigenvalue weighted by Gasteiger charge is 2.09. The lowest BCUT2D eigenvalue weighted by atomic mass is 10.1. The number of hydrogen-bond acceptors (Lipinski definition) is 4. The van der Waals surface area contributed by atoms with Crippen LogP contribution in [0.3, 0.4) is 0 Å². The van der Waals surface area contributed by atoms with Gasteiger partial charge in [-0.25, -0.2) is 4.98 Å². The molecule has 33 heavy (non-hydrogen) atoms. The first-order chi connectivity index (χ1) is 16.2. The SMILES string of the molecule is COc1ccc(-c2ccc(Cn3c(C)cc4cc(OCc5ccccn5)ccc43)cc2)cn1. The molecule has 0 fully saturated rings. The van der Waals surface area contributed by atoms with Crippen LogP contribution in [0.5, 0.6) is 11.6 Å². The van der Waals surface area contributed by atoms with E-state index in [2.05, 4.69) is 63.9 Å². The van der Waals surface area contributed by atoms with Gasteiger partial charge in [0.1, 0.15) is 12.4 Å². The fourth-order valence-corrected chi connectivity index (χ4v) is 3.98. The Morgan fingerprint density at radius 1 is 0.848 bits per heavy atom. The van der Waals surface area contributed by atoms with E-state index in [9.17, 15) is 0 Å². The summed E-state index contributed by atoms with van der Waals surface area (Å²) in [7, 11) is 1.62. The van der Waals surface area contributed by atoms with Crippen molar-refractivity contribution < 1.29 is 9.47 Å². The van der Waals surface area contributed by atoms with Crippen molar-refractivity contribution in [2.45, 2.75) is 20.1 Å². The van der Waals surface area contributed by atoms with Crippen LogP contribution in [0.2, 0.25) is 0 Å². The van der Waals surface area contributed by atoms with Crippen molar-refractivity contribution in [2.75, 3.05) is 7.11 Å². The lowest BCUT2D eigenvalue weighted by Crippen LogP contribution is -2.01. The van der Waals surface area contributed by atoms with Gasteiger partial charge in [-0.3, -0.25) is 4.98 Å². The van der Waals surface area contributed by atoms with Gasteiger partial charge < -0.3 is 14.0 Å². The van der Waals surface area contributed by atoms with Gasteiger partial charge in [0.15, 0.2) is 0 Å². The van der Waals surface area contributed by atoms with Gasteiger partial charge in [-0.2, -0.15) is 0 Å². The molecule has 0 aliphatic carbocycles. The standard InChI is InChI=1S/C28H25N3O2/c1-20-15-24-16-26(33-19-25-5-3-4-14-29-25)11-12-27(24)31(20)18-21-6-8-22(9-7-21)23-10-13-28(32-2)30-17-23/h3-17H,18-19H2,1-2H3.